The van der Waals surface area contributed by atoms with Gasteiger partial charge in [-0.3, -0.25) is 4.84 Å². The van der Waals surface area contributed by atoms with Crippen molar-refractivity contribution >= 4 is 12.1 Å². The molecule has 0 aliphatic carbocycles. The molecule has 0 saturated carbocycles. The summed E-state index contributed by atoms with van der Waals surface area (Å²) in [4.78, 5) is 27.6. The predicted molar refractivity (Wildman–Crippen MR) is 73.2 cm³/mol. The highest BCUT2D eigenvalue weighted by Gasteiger charge is 2.34. The zero-order valence-electron chi connectivity index (χ0n) is 11.9. The van der Waals surface area contributed by atoms with Gasteiger partial charge in [0.15, 0.2) is 6.10 Å². The van der Waals surface area contributed by atoms with Crippen LogP contribution in [-0.4, -0.2) is 46.6 Å². The molecule has 1 rings (SSSR count). The number of carboxylic acids is 1. The minimum absolute atomic E-state index is 0.0269. The van der Waals surface area contributed by atoms with Gasteiger partial charge in [-0.15, -0.1) is 0 Å². The number of carbonyl (C=O) groups is 2. The summed E-state index contributed by atoms with van der Waals surface area (Å²) in [5, 5.41) is 19.2. The van der Waals surface area contributed by atoms with Crippen LogP contribution in [0.2, 0.25) is 0 Å². The molecular formula is C14H19NO6. The molecule has 1 aromatic rings. The molecule has 7 nitrogen and oxygen atoms in total. The highest BCUT2D eigenvalue weighted by Crippen LogP contribution is 2.13. The number of hydrogen-bond acceptors (Lipinski definition) is 5. The standard InChI is InChI=1S/C14H19NO6/c1-3-11(12(16)13(17)18)15(20-2)14(19)21-9-10-7-5-4-6-8-10/h4-8,11-12,16H,3,9H2,1-2H3,(H,17,18)/t11-,12+/m1/s1. The molecule has 1 amide bonds. The van der Waals surface area contributed by atoms with E-state index in [-0.39, 0.29) is 13.0 Å². The first-order valence-corrected chi connectivity index (χ1v) is 6.46. The summed E-state index contributed by atoms with van der Waals surface area (Å²) in [6.45, 7) is 1.66. The number of amides is 1. The Morgan fingerprint density at radius 3 is 2.38 bits per heavy atom. The van der Waals surface area contributed by atoms with Crippen LogP contribution in [0.5, 0.6) is 0 Å². The van der Waals surface area contributed by atoms with Crippen LogP contribution < -0.4 is 0 Å². The summed E-state index contributed by atoms with van der Waals surface area (Å²) in [5.74, 6) is -1.43. The molecule has 0 radical (unpaired) electrons. The molecule has 116 valence electrons. The Morgan fingerprint density at radius 2 is 1.90 bits per heavy atom. The van der Waals surface area contributed by atoms with Crippen molar-refractivity contribution in [1.82, 2.24) is 5.06 Å². The van der Waals surface area contributed by atoms with Crippen LogP contribution in [-0.2, 0) is 21.0 Å². The van der Waals surface area contributed by atoms with Crippen molar-refractivity contribution < 1.29 is 29.4 Å². The molecule has 0 aromatic heterocycles. The van der Waals surface area contributed by atoms with E-state index in [2.05, 4.69) is 0 Å². The van der Waals surface area contributed by atoms with Crippen molar-refractivity contribution in [3.05, 3.63) is 35.9 Å². The summed E-state index contributed by atoms with van der Waals surface area (Å²) in [7, 11) is 1.21. The molecule has 0 fully saturated rings. The molecule has 0 saturated heterocycles. The lowest BCUT2D eigenvalue weighted by Gasteiger charge is -2.29. The van der Waals surface area contributed by atoms with E-state index >= 15 is 0 Å². The molecule has 0 aliphatic rings. The second kappa shape index (κ2) is 8.23. The van der Waals surface area contributed by atoms with Crippen molar-refractivity contribution in [1.29, 1.82) is 0 Å². The quantitative estimate of drug-likeness (QED) is 0.739. The average molecular weight is 297 g/mol. The Bertz CT molecular complexity index is 464. The number of nitrogens with zero attached hydrogens (tertiary/aromatic N) is 1. The van der Waals surface area contributed by atoms with Crippen LogP contribution in [0.4, 0.5) is 4.79 Å². The van der Waals surface area contributed by atoms with Crippen LogP contribution in [0, 0.1) is 0 Å². The number of aliphatic hydroxyl groups excluding tert-OH is 1. The predicted octanol–water partition coefficient (Wildman–Crippen LogP) is 1.41. The van der Waals surface area contributed by atoms with Crippen molar-refractivity contribution in [2.75, 3.05) is 7.11 Å². The molecule has 7 heteroatoms. The topological polar surface area (TPSA) is 96.3 Å². The number of carboxylic acid groups (broad SMARTS) is 1. The minimum Gasteiger partial charge on any atom is -0.479 e. The normalized spacial score (nSPS) is 13.3. The highest BCUT2D eigenvalue weighted by atomic mass is 16.7. The Kier molecular flexibility index (Phi) is 6.64. The van der Waals surface area contributed by atoms with Gasteiger partial charge in [-0.1, -0.05) is 37.3 Å². The molecule has 2 atom stereocenters. The zero-order chi connectivity index (χ0) is 15.8. The third-order valence-electron chi connectivity index (χ3n) is 2.92. The first-order valence-electron chi connectivity index (χ1n) is 6.46. The van der Waals surface area contributed by atoms with E-state index in [1.54, 1.807) is 31.2 Å². The van der Waals surface area contributed by atoms with E-state index in [9.17, 15) is 14.7 Å². The van der Waals surface area contributed by atoms with Gasteiger partial charge in [-0.25, -0.2) is 9.59 Å². The van der Waals surface area contributed by atoms with Gasteiger partial charge in [-0.2, -0.15) is 5.06 Å². The van der Waals surface area contributed by atoms with Gasteiger partial charge >= 0.3 is 12.1 Å². The largest absolute Gasteiger partial charge is 0.479 e. The van der Waals surface area contributed by atoms with Crippen molar-refractivity contribution in [2.24, 2.45) is 0 Å². The maximum atomic E-state index is 11.9. The lowest BCUT2D eigenvalue weighted by molar-refractivity contribution is -0.177. The van der Waals surface area contributed by atoms with Crippen LogP contribution in [0.1, 0.15) is 18.9 Å². The van der Waals surface area contributed by atoms with E-state index in [0.717, 1.165) is 10.6 Å². The monoisotopic (exact) mass is 297 g/mol. The molecule has 1 aromatic carbocycles. The van der Waals surface area contributed by atoms with E-state index in [4.69, 9.17) is 14.7 Å². The van der Waals surface area contributed by atoms with Gasteiger partial charge < -0.3 is 14.9 Å². The molecular weight excluding hydrogens is 278 g/mol. The number of ether oxygens (including phenoxy) is 1. The number of benzene rings is 1. The third kappa shape index (κ3) is 4.73. The van der Waals surface area contributed by atoms with Gasteiger partial charge in [0, 0.05) is 0 Å². The minimum atomic E-state index is -1.75. The van der Waals surface area contributed by atoms with Gasteiger partial charge in [0.1, 0.15) is 6.61 Å². The van der Waals surface area contributed by atoms with Crippen LogP contribution in [0.15, 0.2) is 30.3 Å². The molecule has 21 heavy (non-hydrogen) atoms. The average Bonchev–Trinajstić information content (AvgIpc) is 2.50. The fourth-order valence-electron chi connectivity index (χ4n) is 1.81. The first kappa shape index (κ1) is 16.9. The number of hydrogen-bond donors (Lipinski definition) is 2. The summed E-state index contributed by atoms with van der Waals surface area (Å²) < 4.78 is 5.05. The fraction of sp³-hybridized carbons (Fsp3) is 0.429. The van der Waals surface area contributed by atoms with Gasteiger partial charge in [0.05, 0.1) is 13.2 Å². The second-order valence-electron chi connectivity index (χ2n) is 4.31. The number of rotatable bonds is 7. The van der Waals surface area contributed by atoms with Crippen molar-refractivity contribution in [2.45, 2.75) is 32.1 Å². The molecule has 2 N–H and O–H groups in total. The Hall–Kier alpha value is -2.12. The number of aliphatic carboxylic acids is 1. The van der Waals surface area contributed by atoms with Crippen LogP contribution in [0.3, 0.4) is 0 Å². The van der Waals surface area contributed by atoms with Gasteiger partial charge in [-0.05, 0) is 12.0 Å². The maximum Gasteiger partial charge on any atom is 0.434 e. The van der Waals surface area contributed by atoms with Crippen LogP contribution in [0.25, 0.3) is 0 Å². The lowest BCUT2D eigenvalue weighted by Crippen LogP contribution is -2.49. The first-order chi connectivity index (χ1) is 10.0. The summed E-state index contributed by atoms with van der Waals surface area (Å²) in [6.07, 6.45) is -2.41. The van der Waals surface area contributed by atoms with Crippen molar-refractivity contribution in [3.63, 3.8) is 0 Å². The SMILES string of the molecule is CC[C@H]([C@H](O)C(=O)O)N(OC)C(=O)OCc1ccccc1. The summed E-state index contributed by atoms with van der Waals surface area (Å²) in [6, 6.07) is 7.99. The zero-order valence-corrected chi connectivity index (χ0v) is 11.9. The van der Waals surface area contributed by atoms with Gasteiger partial charge in [0.2, 0.25) is 0 Å². The van der Waals surface area contributed by atoms with E-state index in [0.29, 0.717) is 0 Å². The van der Waals surface area contributed by atoms with Gasteiger partial charge in [0.25, 0.3) is 0 Å². The molecule has 0 bridgehead atoms. The van der Waals surface area contributed by atoms with Crippen molar-refractivity contribution in [3.8, 4) is 0 Å². The third-order valence-corrected chi connectivity index (χ3v) is 2.92. The Balaban J connectivity index is 2.69. The number of carbonyl (C=O) groups excluding carboxylic acids is 1. The molecule has 0 spiro atoms. The molecule has 0 unspecified atom stereocenters. The summed E-state index contributed by atoms with van der Waals surface area (Å²) in [5.41, 5.74) is 0.786. The number of hydroxylamine groups is 2. The maximum absolute atomic E-state index is 11.9. The second-order valence-corrected chi connectivity index (χ2v) is 4.31. The molecule has 0 aliphatic heterocycles. The lowest BCUT2D eigenvalue weighted by atomic mass is 10.1. The number of aliphatic hydroxyl groups is 1. The fourth-order valence-corrected chi connectivity index (χ4v) is 1.81. The van der Waals surface area contributed by atoms with E-state index in [1.807, 2.05) is 6.07 Å². The highest BCUT2D eigenvalue weighted by molar-refractivity contribution is 5.74. The summed E-state index contributed by atoms with van der Waals surface area (Å²) >= 11 is 0. The van der Waals surface area contributed by atoms with E-state index < -0.39 is 24.2 Å². The smallest absolute Gasteiger partial charge is 0.434 e. The molecule has 0 heterocycles. The Labute approximate surface area is 122 Å². The van der Waals surface area contributed by atoms with E-state index in [1.165, 1.54) is 7.11 Å². The Morgan fingerprint density at radius 1 is 1.29 bits per heavy atom. The van der Waals surface area contributed by atoms with Crippen LogP contribution >= 0.6 is 0 Å².